The van der Waals surface area contributed by atoms with Gasteiger partial charge in [-0.25, -0.2) is 14.4 Å². The zero-order chi connectivity index (χ0) is 13.7. The summed E-state index contributed by atoms with van der Waals surface area (Å²) in [6.45, 7) is 4.90. The molecule has 2 rings (SSSR count). The fraction of sp³-hybridized carbons (Fsp3) is 0.333. The smallest absolute Gasteiger partial charge is 0.132 e. The van der Waals surface area contributed by atoms with E-state index in [9.17, 15) is 4.39 Å². The molecule has 1 N–H and O–H groups in total. The highest BCUT2D eigenvalue weighted by Gasteiger charge is 2.03. The SMILES string of the molecule is CC(C)NCc1ccnc(Cc2cccc(F)c2)n1. The first kappa shape index (κ1) is 13.6. The van der Waals surface area contributed by atoms with Gasteiger partial charge >= 0.3 is 0 Å². The van der Waals surface area contributed by atoms with Gasteiger partial charge in [0.05, 0.1) is 5.69 Å². The summed E-state index contributed by atoms with van der Waals surface area (Å²) in [5.74, 6) is 0.490. The van der Waals surface area contributed by atoms with Crippen LogP contribution in [0.15, 0.2) is 36.5 Å². The molecule has 1 aromatic heterocycles. The van der Waals surface area contributed by atoms with Crippen LogP contribution in [0.25, 0.3) is 0 Å². The van der Waals surface area contributed by atoms with Crippen molar-refractivity contribution >= 4 is 0 Å². The molecule has 0 aliphatic heterocycles. The molecule has 3 nitrogen and oxygen atoms in total. The summed E-state index contributed by atoms with van der Waals surface area (Å²) < 4.78 is 13.1. The summed E-state index contributed by atoms with van der Waals surface area (Å²) in [4.78, 5) is 8.70. The van der Waals surface area contributed by atoms with Gasteiger partial charge in [0.15, 0.2) is 0 Å². The Bertz CT molecular complexity index is 540. The molecule has 0 fully saturated rings. The molecule has 0 amide bonds. The lowest BCUT2D eigenvalue weighted by Gasteiger charge is -2.08. The van der Waals surface area contributed by atoms with Crippen LogP contribution in [0.1, 0.15) is 30.9 Å². The first-order valence-corrected chi connectivity index (χ1v) is 6.42. The average Bonchev–Trinajstić information content (AvgIpc) is 2.37. The minimum atomic E-state index is -0.227. The van der Waals surface area contributed by atoms with E-state index in [1.54, 1.807) is 12.3 Å². The molecule has 2 aromatic rings. The van der Waals surface area contributed by atoms with E-state index >= 15 is 0 Å². The molecule has 1 heterocycles. The maximum Gasteiger partial charge on any atom is 0.132 e. The molecular formula is C15H18FN3. The van der Waals surface area contributed by atoms with Gasteiger partial charge in [0, 0.05) is 25.2 Å². The quantitative estimate of drug-likeness (QED) is 0.897. The summed E-state index contributed by atoms with van der Waals surface area (Å²) in [7, 11) is 0. The topological polar surface area (TPSA) is 37.8 Å². The fourth-order valence-corrected chi connectivity index (χ4v) is 1.76. The average molecular weight is 259 g/mol. The lowest BCUT2D eigenvalue weighted by atomic mass is 10.1. The van der Waals surface area contributed by atoms with Crippen LogP contribution in [-0.2, 0) is 13.0 Å². The van der Waals surface area contributed by atoms with Crippen LogP contribution in [0.3, 0.4) is 0 Å². The lowest BCUT2D eigenvalue weighted by Crippen LogP contribution is -2.22. The van der Waals surface area contributed by atoms with Gasteiger partial charge in [-0.2, -0.15) is 0 Å². The first-order chi connectivity index (χ1) is 9.13. The highest BCUT2D eigenvalue weighted by atomic mass is 19.1. The minimum absolute atomic E-state index is 0.227. The van der Waals surface area contributed by atoms with Gasteiger partial charge < -0.3 is 5.32 Å². The molecule has 0 aliphatic carbocycles. The number of hydrogen-bond acceptors (Lipinski definition) is 3. The fourth-order valence-electron chi connectivity index (χ4n) is 1.76. The summed E-state index contributed by atoms with van der Waals surface area (Å²) in [6.07, 6.45) is 2.30. The molecule has 0 atom stereocenters. The standard InChI is InChI=1S/C15H18FN3/c1-11(2)18-10-14-6-7-17-15(19-14)9-12-4-3-5-13(16)8-12/h3-8,11,18H,9-10H2,1-2H3. The van der Waals surface area contributed by atoms with Crippen molar-refractivity contribution in [2.24, 2.45) is 0 Å². The van der Waals surface area contributed by atoms with Gasteiger partial charge in [-0.1, -0.05) is 26.0 Å². The van der Waals surface area contributed by atoms with Crippen molar-refractivity contribution in [3.63, 3.8) is 0 Å². The van der Waals surface area contributed by atoms with Crippen LogP contribution >= 0.6 is 0 Å². The van der Waals surface area contributed by atoms with Crippen molar-refractivity contribution in [3.05, 3.63) is 59.4 Å². The second kappa shape index (κ2) is 6.38. The maximum atomic E-state index is 13.1. The second-order valence-electron chi connectivity index (χ2n) is 4.81. The van der Waals surface area contributed by atoms with Crippen molar-refractivity contribution in [3.8, 4) is 0 Å². The third-order valence-corrected chi connectivity index (χ3v) is 2.71. The Morgan fingerprint density at radius 1 is 1.26 bits per heavy atom. The third-order valence-electron chi connectivity index (χ3n) is 2.71. The maximum absolute atomic E-state index is 13.1. The summed E-state index contributed by atoms with van der Waals surface area (Å²) in [6, 6.07) is 8.85. The number of hydrogen-bond donors (Lipinski definition) is 1. The Morgan fingerprint density at radius 3 is 2.84 bits per heavy atom. The second-order valence-corrected chi connectivity index (χ2v) is 4.81. The molecule has 19 heavy (non-hydrogen) atoms. The van der Waals surface area contributed by atoms with Gasteiger partial charge in [0.2, 0.25) is 0 Å². The van der Waals surface area contributed by atoms with E-state index in [2.05, 4.69) is 29.1 Å². The van der Waals surface area contributed by atoms with E-state index < -0.39 is 0 Å². The first-order valence-electron chi connectivity index (χ1n) is 6.42. The molecule has 1 aromatic carbocycles. The normalized spacial score (nSPS) is 10.9. The van der Waals surface area contributed by atoms with Crippen molar-refractivity contribution < 1.29 is 4.39 Å². The molecule has 0 aliphatic rings. The molecule has 0 saturated heterocycles. The van der Waals surface area contributed by atoms with Gasteiger partial charge in [0.25, 0.3) is 0 Å². The monoisotopic (exact) mass is 259 g/mol. The zero-order valence-electron chi connectivity index (χ0n) is 11.2. The molecule has 4 heteroatoms. The third kappa shape index (κ3) is 4.41. The molecule has 0 spiro atoms. The lowest BCUT2D eigenvalue weighted by molar-refractivity contribution is 0.579. The van der Waals surface area contributed by atoms with Crippen molar-refractivity contribution in [2.45, 2.75) is 32.9 Å². The van der Waals surface area contributed by atoms with Crippen LogP contribution in [-0.4, -0.2) is 16.0 Å². The number of aromatic nitrogens is 2. The largest absolute Gasteiger partial charge is 0.309 e. The number of rotatable bonds is 5. The van der Waals surface area contributed by atoms with E-state index in [1.165, 1.54) is 12.1 Å². The van der Waals surface area contributed by atoms with E-state index in [0.29, 0.717) is 18.3 Å². The van der Waals surface area contributed by atoms with Crippen LogP contribution in [0.4, 0.5) is 4.39 Å². The summed E-state index contributed by atoms with van der Waals surface area (Å²) in [5, 5.41) is 3.31. The Balaban J connectivity index is 2.06. The van der Waals surface area contributed by atoms with E-state index in [0.717, 1.165) is 17.8 Å². The molecular weight excluding hydrogens is 241 g/mol. The van der Waals surface area contributed by atoms with Gasteiger partial charge in [-0.3, -0.25) is 0 Å². The molecule has 100 valence electrons. The highest BCUT2D eigenvalue weighted by molar-refractivity contribution is 5.20. The summed E-state index contributed by atoms with van der Waals surface area (Å²) in [5.41, 5.74) is 1.84. The van der Waals surface area contributed by atoms with Crippen LogP contribution in [0.5, 0.6) is 0 Å². The Morgan fingerprint density at radius 2 is 2.11 bits per heavy atom. The van der Waals surface area contributed by atoms with E-state index in [1.807, 2.05) is 12.1 Å². The predicted molar refractivity (Wildman–Crippen MR) is 73.2 cm³/mol. The van der Waals surface area contributed by atoms with Crippen LogP contribution < -0.4 is 5.32 Å². The Kier molecular flexibility index (Phi) is 4.58. The van der Waals surface area contributed by atoms with Crippen molar-refractivity contribution in [1.82, 2.24) is 15.3 Å². The van der Waals surface area contributed by atoms with Gasteiger partial charge in [-0.05, 0) is 23.8 Å². The predicted octanol–water partition coefficient (Wildman–Crippen LogP) is 2.70. The molecule has 0 unspecified atom stereocenters. The Hall–Kier alpha value is -1.81. The van der Waals surface area contributed by atoms with Crippen LogP contribution in [0, 0.1) is 5.82 Å². The number of halogens is 1. The van der Waals surface area contributed by atoms with E-state index in [4.69, 9.17) is 0 Å². The Labute approximate surface area is 112 Å². The molecule has 0 bridgehead atoms. The highest BCUT2D eigenvalue weighted by Crippen LogP contribution is 2.08. The van der Waals surface area contributed by atoms with Crippen molar-refractivity contribution in [2.75, 3.05) is 0 Å². The van der Waals surface area contributed by atoms with Crippen LogP contribution in [0.2, 0.25) is 0 Å². The van der Waals surface area contributed by atoms with E-state index in [-0.39, 0.29) is 5.82 Å². The van der Waals surface area contributed by atoms with Gasteiger partial charge in [0.1, 0.15) is 11.6 Å². The zero-order valence-corrected chi connectivity index (χ0v) is 11.2. The molecule has 0 saturated carbocycles. The number of nitrogens with one attached hydrogen (secondary N) is 1. The minimum Gasteiger partial charge on any atom is -0.309 e. The number of benzene rings is 1. The van der Waals surface area contributed by atoms with Gasteiger partial charge in [-0.15, -0.1) is 0 Å². The molecule has 0 radical (unpaired) electrons. The summed E-state index contributed by atoms with van der Waals surface area (Å²) >= 11 is 0. The van der Waals surface area contributed by atoms with Crippen molar-refractivity contribution in [1.29, 1.82) is 0 Å². The number of nitrogens with zero attached hydrogens (tertiary/aromatic N) is 2.